The van der Waals surface area contributed by atoms with E-state index in [0.29, 0.717) is 35.2 Å². The summed E-state index contributed by atoms with van der Waals surface area (Å²) in [5, 5.41) is 11.4. The van der Waals surface area contributed by atoms with Crippen molar-refractivity contribution in [2.75, 3.05) is 0 Å². The Labute approximate surface area is 215 Å². The van der Waals surface area contributed by atoms with Crippen molar-refractivity contribution in [1.29, 1.82) is 0 Å². The molecule has 0 spiro atoms. The first kappa shape index (κ1) is 25.9. The monoisotopic (exact) mass is 511 g/mol. The van der Waals surface area contributed by atoms with Crippen LogP contribution in [0.3, 0.4) is 0 Å². The molecule has 0 radical (unpaired) electrons. The Morgan fingerprint density at radius 2 is 1.59 bits per heavy atom. The van der Waals surface area contributed by atoms with E-state index in [-0.39, 0.29) is 16.9 Å². The molecule has 37 heavy (non-hydrogen) atoms. The first-order chi connectivity index (χ1) is 17.4. The summed E-state index contributed by atoms with van der Waals surface area (Å²) in [6.07, 6.45) is -1.89. The van der Waals surface area contributed by atoms with Crippen LogP contribution in [0.2, 0.25) is 0 Å². The third-order valence-electron chi connectivity index (χ3n) is 7.97. The SMILES string of the molecule is Cc1ccc(-c2c([C@@H](F)c3ccc(C(F)(F)F)cc3)c(C3CCCC3)nc3c2[C@@H](O)CC(C)(C)C3)cc1. The number of hydrogen-bond acceptors (Lipinski definition) is 2. The molecule has 0 aliphatic heterocycles. The fourth-order valence-corrected chi connectivity index (χ4v) is 6.13. The van der Waals surface area contributed by atoms with E-state index in [1.54, 1.807) is 0 Å². The van der Waals surface area contributed by atoms with Crippen molar-refractivity contribution in [3.05, 3.63) is 87.7 Å². The standard InChI is InChI=1S/C31H33F4NO/c1-18-8-10-19(11-9-18)25-26-23(16-30(2,3)17-24(26)37)36-29(21-6-4-5-7-21)27(25)28(32)20-12-14-22(15-13-20)31(33,34)35/h8-15,21,24,28,37H,4-7,16-17H2,1-3H3/t24-,28-/m0/s1. The number of nitrogens with zero attached hydrogens (tertiary/aromatic N) is 1. The molecule has 0 bridgehead atoms. The molecule has 5 rings (SSSR count). The fraction of sp³-hybridized carbons (Fsp3) is 0.452. The lowest BCUT2D eigenvalue weighted by Gasteiger charge is -2.37. The van der Waals surface area contributed by atoms with Gasteiger partial charge < -0.3 is 5.11 Å². The lowest BCUT2D eigenvalue weighted by Crippen LogP contribution is -2.29. The summed E-state index contributed by atoms with van der Waals surface area (Å²) in [4.78, 5) is 5.07. The van der Waals surface area contributed by atoms with Gasteiger partial charge in [-0.15, -0.1) is 0 Å². The second-order valence-electron chi connectivity index (χ2n) is 11.5. The number of fused-ring (bicyclic) bond motifs is 1. The molecule has 1 aromatic heterocycles. The van der Waals surface area contributed by atoms with Crippen molar-refractivity contribution in [2.45, 2.75) is 83.7 Å². The summed E-state index contributed by atoms with van der Waals surface area (Å²) < 4.78 is 56.3. The number of aliphatic hydroxyl groups excluding tert-OH is 1. The van der Waals surface area contributed by atoms with E-state index in [9.17, 15) is 18.3 Å². The van der Waals surface area contributed by atoms with Gasteiger partial charge in [-0.05, 0) is 66.8 Å². The number of rotatable bonds is 4. The van der Waals surface area contributed by atoms with E-state index < -0.39 is 24.0 Å². The van der Waals surface area contributed by atoms with Crippen LogP contribution in [-0.4, -0.2) is 10.1 Å². The van der Waals surface area contributed by atoms with Crippen LogP contribution in [0.4, 0.5) is 17.6 Å². The Morgan fingerprint density at radius 3 is 2.19 bits per heavy atom. The summed E-state index contributed by atoms with van der Waals surface area (Å²) in [6, 6.07) is 12.1. The average Bonchev–Trinajstić information content (AvgIpc) is 3.37. The van der Waals surface area contributed by atoms with Crippen LogP contribution >= 0.6 is 0 Å². The highest BCUT2D eigenvalue weighted by molar-refractivity contribution is 5.75. The topological polar surface area (TPSA) is 33.1 Å². The molecular weight excluding hydrogens is 478 g/mol. The molecule has 2 aromatic carbocycles. The summed E-state index contributed by atoms with van der Waals surface area (Å²) in [6.45, 7) is 6.19. The van der Waals surface area contributed by atoms with Gasteiger partial charge in [0.2, 0.25) is 0 Å². The van der Waals surface area contributed by atoms with Crippen LogP contribution in [0.15, 0.2) is 48.5 Å². The first-order valence-corrected chi connectivity index (χ1v) is 13.1. The molecule has 0 unspecified atom stereocenters. The number of pyridine rings is 1. The molecule has 0 saturated heterocycles. The molecule has 1 fully saturated rings. The predicted molar refractivity (Wildman–Crippen MR) is 137 cm³/mol. The maximum absolute atomic E-state index is 16.7. The first-order valence-electron chi connectivity index (χ1n) is 13.1. The van der Waals surface area contributed by atoms with Gasteiger partial charge in [0.05, 0.1) is 17.4 Å². The molecule has 6 heteroatoms. The Hall–Kier alpha value is -2.73. The Balaban J connectivity index is 1.77. The molecule has 2 atom stereocenters. The van der Waals surface area contributed by atoms with Crippen molar-refractivity contribution in [3.8, 4) is 11.1 Å². The average molecular weight is 512 g/mol. The van der Waals surface area contributed by atoms with E-state index in [1.807, 2.05) is 31.2 Å². The summed E-state index contributed by atoms with van der Waals surface area (Å²) in [7, 11) is 0. The predicted octanol–water partition coefficient (Wildman–Crippen LogP) is 8.80. The van der Waals surface area contributed by atoms with Crippen LogP contribution in [-0.2, 0) is 12.6 Å². The van der Waals surface area contributed by atoms with E-state index in [1.165, 1.54) is 12.1 Å². The minimum atomic E-state index is -4.49. The van der Waals surface area contributed by atoms with Crippen LogP contribution in [0, 0.1) is 12.3 Å². The third-order valence-corrected chi connectivity index (χ3v) is 7.97. The molecule has 1 N–H and O–H groups in total. The van der Waals surface area contributed by atoms with E-state index >= 15 is 4.39 Å². The maximum atomic E-state index is 16.7. The molecule has 0 amide bonds. The lowest BCUT2D eigenvalue weighted by molar-refractivity contribution is -0.137. The molecule has 2 aliphatic carbocycles. The minimum Gasteiger partial charge on any atom is -0.388 e. The summed E-state index contributed by atoms with van der Waals surface area (Å²) in [5.74, 6) is 0.0828. The van der Waals surface area contributed by atoms with Gasteiger partial charge in [-0.3, -0.25) is 4.98 Å². The Morgan fingerprint density at radius 1 is 0.973 bits per heavy atom. The van der Waals surface area contributed by atoms with E-state index in [2.05, 4.69) is 13.8 Å². The van der Waals surface area contributed by atoms with Crippen molar-refractivity contribution < 1.29 is 22.7 Å². The highest BCUT2D eigenvalue weighted by Gasteiger charge is 2.39. The van der Waals surface area contributed by atoms with Gasteiger partial charge in [0.25, 0.3) is 0 Å². The number of benzene rings is 2. The van der Waals surface area contributed by atoms with Crippen LogP contribution in [0.5, 0.6) is 0 Å². The number of aromatic nitrogens is 1. The van der Waals surface area contributed by atoms with Crippen LogP contribution in [0.25, 0.3) is 11.1 Å². The zero-order valence-electron chi connectivity index (χ0n) is 21.5. The quantitative estimate of drug-likeness (QED) is 0.355. The fourth-order valence-electron chi connectivity index (χ4n) is 6.13. The zero-order valence-corrected chi connectivity index (χ0v) is 21.5. The van der Waals surface area contributed by atoms with Crippen molar-refractivity contribution in [1.82, 2.24) is 4.98 Å². The highest BCUT2D eigenvalue weighted by atomic mass is 19.4. The molecule has 2 aliphatic rings. The lowest BCUT2D eigenvalue weighted by atomic mass is 9.71. The van der Waals surface area contributed by atoms with Crippen LogP contribution < -0.4 is 0 Å². The molecule has 2 nitrogen and oxygen atoms in total. The van der Waals surface area contributed by atoms with E-state index in [0.717, 1.165) is 54.6 Å². The zero-order chi connectivity index (χ0) is 26.5. The van der Waals surface area contributed by atoms with Crippen LogP contribution in [0.1, 0.15) is 103 Å². The molecular formula is C31H33F4NO. The number of halogens is 4. The minimum absolute atomic E-state index is 0.0828. The van der Waals surface area contributed by atoms with Crippen molar-refractivity contribution >= 4 is 0 Å². The normalized spacial score (nSPS) is 20.6. The molecule has 1 saturated carbocycles. The second-order valence-corrected chi connectivity index (χ2v) is 11.5. The Kier molecular flexibility index (Phi) is 6.68. The molecule has 196 valence electrons. The summed E-state index contributed by atoms with van der Waals surface area (Å²) in [5.41, 5.74) is 4.28. The number of aryl methyl sites for hydroxylation is 1. The third kappa shape index (κ3) is 5.05. The second kappa shape index (κ2) is 9.54. The van der Waals surface area contributed by atoms with Gasteiger partial charge in [0.15, 0.2) is 6.17 Å². The van der Waals surface area contributed by atoms with Gasteiger partial charge in [0, 0.05) is 22.7 Å². The highest BCUT2D eigenvalue weighted by Crippen LogP contribution is 2.50. The van der Waals surface area contributed by atoms with Gasteiger partial charge in [-0.1, -0.05) is 68.7 Å². The van der Waals surface area contributed by atoms with E-state index in [4.69, 9.17) is 4.98 Å². The van der Waals surface area contributed by atoms with Gasteiger partial charge >= 0.3 is 6.18 Å². The summed E-state index contributed by atoms with van der Waals surface area (Å²) >= 11 is 0. The van der Waals surface area contributed by atoms with Gasteiger partial charge in [0.1, 0.15) is 0 Å². The molecule has 1 heterocycles. The Bertz CT molecular complexity index is 1270. The maximum Gasteiger partial charge on any atom is 0.416 e. The van der Waals surface area contributed by atoms with Crippen molar-refractivity contribution in [2.24, 2.45) is 5.41 Å². The number of aliphatic hydroxyl groups is 1. The number of hydrogen-bond donors (Lipinski definition) is 1. The van der Waals surface area contributed by atoms with Crippen molar-refractivity contribution in [3.63, 3.8) is 0 Å². The smallest absolute Gasteiger partial charge is 0.388 e. The van der Waals surface area contributed by atoms with Gasteiger partial charge in [-0.2, -0.15) is 13.2 Å². The van der Waals surface area contributed by atoms with Gasteiger partial charge in [-0.25, -0.2) is 4.39 Å². The largest absolute Gasteiger partial charge is 0.416 e. The number of alkyl halides is 4. The molecule has 3 aromatic rings.